The Morgan fingerprint density at radius 2 is 1.57 bits per heavy atom. The molecule has 0 aliphatic carbocycles. The summed E-state index contributed by atoms with van der Waals surface area (Å²) in [5, 5.41) is 15.5. The number of hydrogen-bond acceptors (Lipinski definition) is 5. The van der Waals surface area contributed by atoms with Crippen LogP contribution < -0.4 is 21.5 Å². The van der Waals surface area contributed by atoms with Crippen LogP contribution in [0.5, 0.6) is 5.75 Å². The van der Waals surface area contributed by atoms with Gasteiger partial charge in [-0.2, -0.15) is 0 Å². The third-order valence-corrected chi connectivity index (χ3v) is 3.32. The van der Waals surface area contributed by atoms with Gasteiger partial charge in [0, 0.05) is 5.69 Å². The van der Waals surface area contributed by atoms with Crippen molar-refractivity contribution in [3.05, 3.63) is 80.4 Å². The maximum Gasteiger partial charge on any atom is 0.253 e. The quantitative estimate of drug-likeness (QED) is 0.392. The fourth-order valence-corrected chi connectivity index (χ4v) is 2.13. The molecule has 0 amide bonds. The molecule has 0 aliphatic rings. The van der Waals surface area contributed by atoms with Crippen LogP contribution in [-0.2, 0) is 0 Å². The van der Waals surface area contributed by atoms with Crippen molar-refractivity contribution in [2.24, 2.45) is 0 Å². The maximum absolute atomic E-state index is 11.8. The Labute approximate surface area is 131 Å². The zero-order valence-electron chi connectivity index (χ0n) is 11.8. The number of phenols is 1. The van der Waals surface area contributed by atoms with E-state index in [2.05, 4.69) is 15.5 Å². The van der Waals surface area contributed by atoms with Gasteiger partial charge in [-0.15, -0.1) is 0 Å². The summed E-state index contributed by atoms with van der Waals surface area (Å²) in [5.41, 5.74) is 0.168. The number of para-hydroxylation sites is 1. The number of anilines is 4. The molecule has 23 heavy (non-hydrogen) atoms. The van der Waals surface area contributed by atoms with E-state index in [9.17, 15) is 14.7 Å². The number of aromatic hydroxyl groups is 1. The zero-order valence-corrected chi connectivity index (χ0v) is 11.8. The van der Waals surface area contributed by atoms with Gasteiger partial charge in [-0.1, -0.05) is 24.3 Å². The summed E-state index contributed by atoms with van der Waals surface area (Å²) >= 11 is 0. The molecule has 0 saturated heterocycles. The van der Waals surface area contributed by atoms with Gasteiger partial charge in [-0.3, -0.25) is 9.59 Å². The third-order valence-electron chi connectivity index (χ3n) is 3.32. The average molecular weight is 305 g/mol. The molecule has 0 spiro atoms. The largest absolute Gasteiger partial charge is 0.507 e. The highest BCUT2D eigenvalue weighted by molar-refractivity contribution is 5.83. The van der Waals surface area contributed by atoms with E-state index < -0.39 is 10.9 Å². The van der Waals surface area contributed by atoms with E-state index in [1.165, 1.54) is 18.2 Å². The highest BCUT2D eigenvalue weighted by Crippen LogP contribution is 2.32. The molecule has 0 aromatic heterocycles. The first-order chi connectivity index (χ1) is 11.1. The van der Waals surface area contributed by atoms with Gasteiger partial charge in [0.1, 0.15) is 17.1 Å². The molecule has 0 fully saturated rings. The van der Waals surface area contributed by atoms with Crippen LogP contribution in [0.4, 0.5) is 28.4 Å². The minimum Gasteiger partial charge on any atom is -0.507 e. The second kappa shape index (κ2) is 5.66. The number of nitrogens with zero attached hydrogens (tertiary/aromatic N) is 1. The first-order valence-corrected chi connectivity index (χ1v) is 6.73. The van der Waals surface area contributed by atoms with Crippen LogP contribution in [-0.4, -0.2) is 5.11 Å². The average Bonchev–Trinajstić information content (AvgIpc) is 2.59. The first kappa shape index (κ1) is 14.4. The topological polar surface area (TPSA) is 82.8 Å². The minimum atomic E-state index is -0.655. The minimum absolute atomic E-state index is 0.0877. The molecule has 112 valence electrons. The van der Waals surface area contributed by atoms with Gasteiger partial charge >= 0.3 is 0 Å². The lowest BCUT2D eigenvalue weighted by atomic mass is 10.1. The van der Waals surface area contributed by atoms with Gasteiger partial charge in [0.15, 0.2) is 5.69 Å². The third kappa shape index (κ3) is 2.63. The van der Waals surface area contributed by atoms with Crippen molar-refractivity contribution in [2.75, 3.05) is 10.6 Å². The summed E-state index contributed by atoms with van der Waals surface area (Å²) in [7, 11) is 0. The van der Waals surface area contributed by atoms with E-state index in [1.54, 1.807) is 24.3 Å². The van der Waals surface area contributed by atoms with E-state index in [4.69, 9.17) is 6.57 Å². The van der Waals surface area contributed by atoms with Crippen molar-refractivity contribution in [1.29, 1.82) is 0 Å². The van der Waals surface area contributed by atoms with Gasteiger partial charge in [-0.25, -0.2) is 4.85 Å². The fraction of sp³-hybridized carbons (Fsp3) is 0. The van der Waals surface area contributed by atoms with Crippen molar-refractivity contribution >= 4 is 28.4 Å². The summed E-state index contributed by atoms with van der Waals surface area (Å²) in [6.07, 6.45) is 0. The molecule has 0 unspecified atom stereocenters. The van der Waals surface area contributed by atoms with E-state index in [-0.39, 0.29) is 28.5 Å². The van der Waals surface area contributed by atoms with E-state index >= 15 is 0 Å². The predicted molar refractivity (Wildman–Crippen MR) is 88.7 cm³/mol. The number of nitrogens with one attached hydrogen (secondary N) is 2. The lowest BCUT2D eigenvalue weighted by molar-refractivity contribution is 0.478. The van der Waals surface area contributed by atoms with E-state index in [0.717, 1.165) is 0 Å². The van der Waals surface area contributed by atoms with E-state index in [0.29, 0.717) is 5.69 Å². The standard InChI is InChI=1S/C17H11N3O3/c1-18-11-7-8-12(13(21)9-11)20-15-14(16(22)17(15)23)19-10-5-3-2-4-6-10/h2-9,19-21H. The number of rotatable bonds is 4. The Balaban J connectivity index is 1.90. The van der Waals surface area contributed by atoms with Crippen LogP contribution in [0.25, 0.3) is 4.85 Å². The lowest BCUT2D eigenvalue weighted by Gasteiger charge is -2.15. The van der Waals surface area contributed by atoms with Gasteiger partial charge in [0.2, 0.25) is 0 Å². The van der Waals surface area contributed by atoms with Crippen LogP contribution in [0, 0.1) is 6.57 Å². The van der Waals surface area contributed by atoms with Gasteiger partial charge in [0.05, 0.1) is 12.3 Å². The summed E-state index contributed by atoms with van der Waals surface area (Å²) in [6.45, 7) is 6.89. The van der Waals surface area contributed by atoms with Crippen LogP contribution in [0.3, 0.4) is 0 Å². The number of hydrogen-bond donors (Lipinski definition) is 3. The Bertz CT molecular complexity index is 981. The van der Waals surface area contributed by atoms with E-state index in [1.807, 2.05) is 6.07 Å². The van der Waals surface area contributed by atoms with Crippen LogP contribution in [0.1, 0.15) is 0 Å². The van der Waals surface area contributed by atoms with Crippen molar-refractivity contribution in [2.45, 2.75) is 0 Å². The molecule has 0 atom stereocenters. The predicted octanol–water partition coefficient (Wildman–Crippen LogP) is 3.03. The summed E-state index contributed by atoms with van der Waals surface area (Å²) in [5.74, 6) is -0.169. The number of benzene rings is 2. The molecule has 0 saturated carbocycles. The second-order valence-corrected chi connectivity index (χ2v) is 4.84. The number of phenolic OH excluding ortho intramolecular Hbond substituents is 1. The highest BCUT2D eigenvalue weighted by Gasteiger charge is 2.22. The molecule has 0 aliphatic heterocycles. The van der Waals surface area contributed by atoms with Crippen molar-refractivity contribution < 1.29 is 5.11 Å². The molecule has 0 heterocycles. The summed E-state index contributed by atoms with van der Waals surface area (Å²) in [6, 6.07) is 13.2. The fourth-order valence-electron chi connectivity index (χ4n) is 2.13. The van der Waals surface area contributed by atoms with Crippen LogP contribution >= 0.6 is 0 Å². The molecule has 0 bridgehead atoms. The van der Waals surface area contributed by atoms with Crippen LogP contribution in [0.15, 0.2) is 58.1 Å². The van der Waals surface area contributed by atoms with Gasteiger partial charge < -0.3 is 15.7 Å². The van der Waals surface area contributed by atoms with Crippen molar-refractivity contribution in [3.63, 3.8) is 0 Å². The Kier molecular flexibility index (Phi) is 3.53. The molecule has 6 heteroatoms. The molecule has 3 aromatic rings. The SMILES string of the molecule is [C-]#[N+]c1ccc(Nc2c(Nc3ccccc3)c(=O)c2=O)c(O)c1. The highest BCUT2D eigenvalue weighted by atomic mass is 16.3. The first-order valence-electron chi connectivity index (χ1n) is 6.73. The molecular weight excluding hydrogens is 294 g/mol. The Morgan fingerprint density at radius 1 is 0.913 bits per heavy atom. The van der Waals surface area contributed by atoms with Gasteiger partial charge in [-0.05, 0) is 24.3 Å². The lowest BCUT2D eigenvalue weighted by Crippen LogP contribution is -2.35. The smallest absolute Gasteiger partial charge is 0.253 e. The molecular formula is C17H11N3O3. The molecule has 6 nitrogen and oxygen atoms in total. The molecule has 0 radical (unpaired) electrons. The molecule has 3 rings (SSSR count). The second-order valence-electron chi connectivity index (χ2n) is 4.84. The van der Waals surface area contributed by atoms with Gasteiger partial charge in [0.25, 0.3) is 10.9 Å². The van der Waals surface area contributed by atoms with Crippen LogP contribution in [0.2, 0.25) is 0 Å². The van der Waals surface area contributed by atoms with Crippen molar-refractivity contribution in [1.82, 2.24) is 0 Å². The maximum atomic E-state index is 11.8. The van der Waals surface area contributed by atoms with Crippen molar-refractivity contribution in [3.8, 4) is 5.75 Å². The Morgan fingerprint density at radius 3 is 2.17 bits per heavy atom. The zero-order chi connectivity index (χ0) is 16.4. The summed E-state index contributed by atoms with van der Waals surface area (Å²) < 4.78 is 0. The monoisotopic (exact) mass is 305 g/mol. The molecule has 3 aromatic carbocycles. The molecule has 3 N–H and O–H groups in total. The summed E-state index contributed by atoms with van der Waals surface area (Å²) in [4.78, 5) is 26.7. The normalized spacial score (nSPS) is 10.2. The Hall–Kier alpha value is -3.59.